The number of rotatable bonds is 6. The van der Waals surface area contributed by atoms with Crippen molar-refractivity contribution in [1.82, 2.24) is 0 Å². The highest BCUT2D eigenvalue weighted by Gasteiger charge is 2.17. The van der Waals surface area contributed by atoms with Crippen LogP contribution in [-0.4, -0.2) is 12.8 Å². The zero-order chi connectivity index (χ0) is 19.6. The zero-order valence-corrected chi connectivity index (χ0v) is 17.0. The highest BCUT2D eigenvalue weighted by atomic mass is 14.7. The number of nitrogens with zero attached hydrogens (tertiary/aromatic N) is 2. The third kappa shape index (κ3) is 4.95. The summed E-state index contributed by atoms with van der Waals surface area (Å²) in [7, 11) is 0. The SMILES string of the molecule is CC.CCC(CC)Cc1cccc(-c2ccc(C#N)cc2)c1C1=CC=NC1. The monoisotopic (exact) mass is 358 g/mol. The summed E-state index contributed by atoms with van der Waals surface area (Å²) in [5.41, 5.74) is 7.13. The van der Waals surface area contributed by atoms with E-state index in [1.165, 1.54) is 35.1 Å². The molecule has 0 atom stereocenters. The molecular weight excluding hydrogens is 328 g/mol. The Labute approximate surface area is 164 Å². The van der Waals surface area contributed by atoms with Gasteiger partial charge in [0.25, 0.3) is 0 Å². The first-order valence-corrected chi connectivity index (χ1v) is 10.1. The van der Waals surface area contributed by atoms with E-state index >= 15 is 0 Å². The summed E-state index contributed by atoms with van der Waals surface area (Å²) in [6.45, 7) is 9.30. The van der Waals surface area contributed by atoms with E-state index in [4.69, 9.17) is 5.26 Å². The van der Waals surface area contributed by atoms with Crippen molar-refractivity contribution in [3.63, 3.8) is 0 Å². The van der Waals surface area contributed by atoms with Gasteiger partial charge in [0, 0.05) is 6.21 Å². The lowest BCUT2D eigenvalue weighted by Crippen LogP contribution is -2.06. The average Bonchev–Trinajstić information content (AvgIpc) is 3.27. The lowest BCUT2D eigenvalue weighted by Gasteiger charge is -2.19. The molecule has 0 unspecified atom stereocenters. The second-order valence-corrected chi connectivity index (χ2v) is 6.60. The highest BCUT2D eigenvalue weighted by Crippen LogP contribution is 2.35. The zero-order valence-electron chi connectivity index (χ0n) is 17.0. The first-order chi connectivity index (χ1) is 13.3. The van der Waals surface area contributed by atoms with Crippen LogP contribution in [-0.2, 0) is 6.42 Å². The molecule has 27 heavy (non-hydrogen) atoms. The molecule has 3 rings (SSSR count). The van der Waals surface area contributed by atoms with Crippen LogP contribution in [0.1, 0.15) is 57.2 Å². The maximum absolute atomic E-state index is 9.05. The standard InChI is InChI=1S/C23H24N2.C2H6/c1-3-17(4-2)14-20-6-5-7-22(23(20)21-12-13-25-16-21)19-10-8-18(15-24)9-11-19;1-2/h5-13,17H,3-4,14,16H2,1-2H3;1-2H3. The summed E-state index contributed by atoms with van der Waals surface area (Å²) in [5.74, 6) is 0.706. The predicted octanol–water partition coefficient (Wildman–Crippen LogP) is 6.70. The molecule has 0 bridgehead atoms. The maximum Gasteiger partial charge on any atom is 0.0991 e. The number of allylic oxidation sites excluding steroid dienone is 1. The second kappa shape index (κ2) is 10.5. The lowest BCUT2D eigenvalue weighted by molar-refractivity contribution is 0.490. The molecule has 0 fully saturated rings. The molecule has 1 aliphatic heterocycles. The van der Waals surface area contributed by atoms with Crippen molar-refractivity contribution < 1.29 is 0 Å². The minimum atomic E-state index is 0.696. The van der Waals surface area contributed by atoms with Crippen LogP contribution in [0.25, 0.3) is 16.7 Å². The smallest absolute Gasteiger partial charge is 0.0991 e. The van der Waals surface area contributed by atoms with E-state index in [1.807, 2.05) is 32.2 Å². The Hall–Kier alpha value is -2.66. The van der Waals surface area contributed by atoms with Gasteiger partial charge in [0.05, 0.1) is 18.2 Å². The number of benzene rings is 2. The fourth-order valence-corrected chi connectivity index (χ4v) is 3.51. The van der Waals surface area contributed by atoms with Gasteiger partial charge in [-0.2, -0.15) is 5.26 Å². The molecule has 2 aromatic rings. The van der Waals surface area contributed by atoms with E-state index in [9.17, 15) is 0 Å². The fourth-order valence-electron chi connectivity index (χ4n) is 3.51. The Kier molecular flexibility index (Phi) is 8.01. The topological polar surface area (TPSA) is 36.1 Å². The van der Waals surface area contributed by atoms with Gasteiger partial charge in [-0.05, 0) is 58.4 Å². The van der Waals surface area contributed by atoms with Crippen molar-refractivity contribution in [2.45, 2.75) is 47.0 Å². The Morgan fingerprint density at radius 2 is 1.74 bits per heavy atom. The van der Waals surface area contributed by atoms with Crippen LogP contribution in [0.2, 0.25) is 0 Å². The Balaban J connectivity index is 0.00000126. The van der Waals surface area contributed by atoms with E-state index < -0.39 is 0 Å². The molecule has 140 valence electrons. The summed E-state index contributed by atoms with van der Waals surface area (Å²) >= 11 is 0. The molecule has 0 radical (unpaired) electrons. The van der Waals surface area contributed by atoms with Crippen molar-refractivity contribution >= 4 is 11.8 Å². The number of hydrogen-bond acceptors (Lipinski definition) is 2. The van der Waals surface area contributed by atoms with E-state index in [0.29, 0.717) is 11.5 Å². The summed E-state index contributed by atoms with van der Waals surface area (Å²) in [5, 5.41) is 9.05. The summed E-state index contributed by atoms with van der Waals surface area (Å²) in [6, 6.07) is 16.7. The molecule has 2 heteroatoms. The van der Waals surface area contributed by atoms with Gasteiger partial charge in [-0.3, -0.25) is 4.99 Å². The molecule has 0 saturated heterocycles. The quantitative estimate of drug-likeness (QED) is 0.566. The maximum atomic E-state index is 9.05. The third-order valence-corrected chi connectivity index (χ3v) is 5.10. The van der Waals surface area contributed by atoms with Gasteiger partial charge in [0.15, 0.2) is 0 Å². The molecule has 0 N–H and O–H groups in total. The van der Waals surface area contributed by atoms with Crippen LogP contribution in [0.4, 0.5) is 0 Å². The Morgan fingerprint density at radius 1 is 1.04 bits per heavy atom. The van der Waals surface area contributed by atoms with Crippen molar-refractivity contribution in [3.8, 4) is 17.2 Å². The molecule has 0 spiro atoms. The molecule has 1 heterocycles. The van der Waals surface area contributed by atoms with Crippen molar-refractivity contribution in [1.29, 1.82) is 5.26 Å². The first-order valence-electron chi connectivity index (χ1n) is 10.1. The second-order valence-electron chi connectivity index (χ2n) is 6.60. The molecule has 2 nitrogen and oxygen atoms in total. The number of nitriles is 1. The van der Waals surface area contributed by atoms with Crippen LogP contribution in [0.3, 0.4) is 0 Å². The van der Waals surface area contributed by atoms with Gasteiger partial charge in [-0.25, -0.2) is 0 Å². The molecule has 0 aromatic heterocycles. The molecule has 2 aromatic carbocycles. The highest BCUT2D eigenvalue weighted by molar-refractivity contribution is 5.94. The van der Waals surface area contributed by atoms with Crippen LogP contribution in [0, 0.1) is 17.2 Å². The van der Waals surface area contributed by atoms with Crippen molar-refractivity contribution in [2.75, 3.05) is 6.54 Å². The molecule has 0 amide bonds. The molecular formula is C25H30N2. The van der Waals surface area contributed by atoms with Crippen molar-refractivity contribution in [2.24, 2.45) is 10.9 Å². The van der Waals surface area contributed by atoms with Gasteiger partial charge >= 0.3 is 0 Å². The largest absolute Gasteiger partial charge is 0.288 e. The minimum Gasteiger partial charge on any atom is -0.288 e. The third-order valence-electron chi connectivity index (χ3n) is 5.10. The number of aliphatic imine (C=N–C) groups is 1. The van der Waals surface area contributed by atoms with Crippen LogP contribution < -0.4 is 0 Å². The van der Waals surface area contributed by atoms with E-state index in [-0.39, 0.29) is 0 Å². The predicted molar refractivity (Wildman–Crippen MR) is 117 cm³/mol. The van der Waals surface area contributed by atoms with Crippen molar-refractivity contribution in [3.05, 3.63) is 65.2 Å². The van der Waals surface area contributed by atoms with E-state index in [2.05, 4.69) is 61.3 Å². The average molecular weight is 359 g/mol. The molecule has 0 saturated carbocycles. The minimum absolute atomic E-state index is 0.696. The van der Waals surface area contributed by atoms with Gasteiger partial charge in [-0.15, -0.1) is 0 Å². The first kappa shape index (κ1) is 20.6. The Bertz CT molecular complexity index is 832. The summed E-state index contributed by atoms with van der Waals surface area (Å²) in [6.07, 6.45) is 7.55. The molecule has 0 aliphatic carbocycles. The molecule has 1 aliphatic rings. The lowest BCUT2D eigenvalue weighted by atomic mass is 9.85. The van der Waals surface area contributed by atoms with E-state index in [1.54, 1.807) is 0 Å². The van der Waals surface area contributed by atoms with Crippen LogP contribution >= 0.6 is 0 Å². The van der Waals surface area contributed by atoms with E-state index in [0.717, 1.165) is 18.5 Å². The van der Waals surface area contributed by atoms with Crippen LogP contribution in [0.15, 0.2) is 53.5 Å². The van der Waals surface area contributed by atoms with Gasteiger partial charge in [-0.1, -0.05) is 70.9 Å². The number of hydrogen-bond donors (Lipinski definition) is 0. The summed E-state index contributed by atoms with van der Waals surface area (Å²) in [4.78, 5) is 4.40. The van der Waals surface area contributed by atoms with Gasteiger partial charge < -0.3 is 0 Å². The normalized spacial score (nSPS) is 12.4. The van der Waals surface area contributed by atoms with Gasteiger partial charge in [0.2, 0.25) is 0 Å². The van der Waals surface area contributed by atoms with Crippen LogP contribution in [0.5, 0.6) is 0 Å². The summed E-state index contributed by atoms with van der Waals surface area (Å²) < 4.78 is 0. The fraction of sp³-hybridized carbons (Fsp3) is 0.360. The Morgan fingerprint density at radius 3 is 2.30 bits per heavy atom. The van der Waals surface area contributed by atoms with Gasteiger partial charge in [0.1, 0.15) is 0 Å².